The van der Waals surface area contributed by atoms with Crippen LogP contribution in [0.5, 0.6) is 0 Å². The predicted octanol–water partition coefficient (Wildman–Crippen LogP) is 6.29. The molecule has 1 unspecified atom stereocenters. The Kier molecular flexibility index (Phi) is 7.30. The Balaban J connectivity index is 1.79. The number of nitrogens with one attached hydrogen (secondary N) is 1. The van der Waals surface area contributed by atoms with E-state index in [2.05, 4.69) is 90.9 Å². The second kappa shape index (κ2) is 10.4. The molecule has 1 aliphatic heterocycles. The summed E-state index contributed by atoms with van der Waals surface area (Å²) >= 11 is 0. The van der Waals surface area contributed by atoms with E-state index in [1.54, 1.807) is 0 Å². The summed E-state index contributed by atoms with van der Waals surface area (Å²) in [7, 11) is 0. The van der Waals surface area contributed by atoms with Gasteiger partial charge in [0.1, 0.15) is 0 Å². The van der Waals surface area contributed by atoms with Crippen LogP contribution in [0.15, 0.2) is 41.7 Å². The molecule has 33 heavy (non-hydrogen) atoms. The van der Waals surface area contributed by atoms with Gasteiger partial charge in [-0.15, -0.1) is 5.92 Å². The van der Waals surface area contributed by atoms with Crippen molar-refractivity contribution in [3.8, 4) is 11.8 Å². The third-order valence-electron chi connectivity index (χ3n) is 6.65. The van der Waals surface area contributed by atoms with Crippen LogP contribution in [0.2, 0.25) is 0 Å². The highest BCUT2D eigenvalue weighted by molar-refractivity contribution is 6.06. The summed E-state index contributed by atoms with van der Waals surface area (Å²) in [6, 6.07) is 9.06. The van der Waals surface area contributed by atoms with Gasteiger partial charge in [0.05, 0.1) is 34.2 Å². The van der Waals surface area contributed by atoms with Crippen LogP contribution >= 0.6 is 0 Å². The minimum atomic E-state index is 0.0974. The lowest BCUT2D eigenvalue weighted by Gasteiger charge is -2.23. The summed E-state index contributed by atoms with van der Waals surface area (Å²) in [5.74, 6) is 7.53. The number of rotatable bonds is 5. The van der Waals surface area contributed by atoms with Crippen LogP contribution in [-0.2, 0) is 0 Å². The maximum absolute atomic E-state index is 5.25. The fraction of sp³-hybridized carbons (Fsp3) is 0.448. The SMILES string of the molecule is CCC#CC(CC)C(=Nc1ccc(C2CCNCC2)cc1C)c1cc2c(C)nc(C)cn2c1. The average molecular weight is 441 g/mol. The Morgan fingerprint density at radius 2 is 1.94 bits per heavy atom. The van der Waals surface area contributed by atoms with Crippen molar-refractivity contribution in [2.45, 2.75) is 66.2 Å². The molecular weight excluding hydrogens is 404 g/mol. The van der Waals surface area contributed by atoms with Gasteiger partial charge in [-0.25, -0.2) is 0 Å². The van der Waals surface area contributed by atoms with Gasteiger partial charge in [0, 0.05) is 24.4 Å². The number of aliphatic imine (C=N–C) groups is 1. The van der Waals surface area contributed by atoms with E-state index in [-0.39, 0.29) is 5.92 Å². The van der Waals surface area contributed by atoms with Gasteiger partial charge in [0.15, 0.2) is 0 Å². The molecule has 4 heteroatoms. The zero-order valence-electron chi connectivity index (χ0n) is 20.7. The summed E-state index contributed by atoms with van der Waals surface area (Å²) in [5, 5.41) is 3.47. The van der Waals surface area contributed by atoms with Crippen LogP contribution in [-0.4, -0.2) is 28.2 Å². The molecule has 1 aliphatic rings. The fourth-order valence-corrected chi connectivity index (χ4v) is 4.84. The number of piperidine rings is 1. The second-order valence-corrected chi connectivity index (χ2v) is 9.19. The van der Waals surface area contributed by atoms with E-state index >= 15 is 0 Å². The minimum absolute atomic E-state index is 0.0974. The molecule has 4 nitrogen and oxygen atoms in total. The van der Waals surface area contributed by atoms with E-state index in [1.807, 2.05) is 6.92 Å². The molecule has 0 radical (unpaired) electrons. The number of benzene rings is 1. The van der Waals surface area contributed by atoms with Gasteiger partial charge in [0.2, 0.25) is 0 Å². The van der Waals surface area contributed by atoms with Crippen molar-refractivity contribution in [1.82, 2.24) is 14.7 Å². The molecule has 172 valence electrons. The highest BCUT2D eigenvalue weighted by Crippen LogP contribution is 2.31. The number of fused-ring (bicyclic) bond motifs is 1. The molecular formula is C29H36N4. The number of hydrogen-bond acceptors (Lipinski definition) is 3. The normalized spacial score (nSPS) is 16.0. The average Bonchev–Trinajstić information content (AvgIpc) is 3.24. The topological polar surface area (TPSA) is 41.7 Å². The fourth-order valence-electron chi connectivity index (χ4n) is 4.84. The first-order valence-electron chi connectivity index (χ1n) is 12.3. The quantitative estimate of drug-likeness (QED) is 0.374. The molecule has 3 heterocycles. The van der Waals surface area contributed by atoms with E-state index in [4.69, 9.17) is 4.99 Å². The molecule has 3 aromatic rings. The highest BCUT2D eigenvalue weighted by atomic mass is 14.9. The first kappa shape index (κ1) is 23.3. The summed E-state index contributed by atoms with van der Waals surface area (Å²) in [4.78, 5) is 9.90. The van der Waals surface area contributed by atoms with Crippen molar-refractivity contribution in [1.29, 1.82) is 0 Å². The van der Waals surface area contributed by atoms with Crippen molar-refractivity contribution in [2.75, 3.05) is 13.1 Å². The third-order valence-corrected chi connectivity index (χ3v) is 6.65. The summed E-state index contributed by atoms with van der Waals surface area (Å²) in [5.41, 5.74) is 9.08. The van der Waals surface area contributed by atoms with E-state index in [9.17, 15) is 0 Å². The Labute approximate surface area is 198 Å². The van der Waals surface area contributed by atoms with Crippen LogP contribution in [0.25, 0.3) is 5.52 Å². The Bertz CT molecular complexity index is 1220. The van der Waals surface area contributed by atoms with Crippen LogP contribution in [0, 0.1) is 38.5 Å². The molecule has 0 aliphatic carbocycles. The maximum atomic E-state index is 5.25. The number of nitrogens with zero attached hydrogens (tertiary/aromatic N) is 3. The molecule has 4 rings (SSSR count). The molecule has 0 bridgehead atoms. The van der Waals surface area contributed by atoms with E-state index in [0.29, 0.717) is 5.92 Å². The van der Waals surface area contributed by atoms with E-state index in [0.717, 1.165) is 59.8 Å². The summed E-state index contributed by atoms with van der Waals surface area (Å²) in [6.45, 7) is 12.8. The van der Waals surface area contributed by atoms with Gasteiger partial charge in [-0.05, 0) is 82.3 Å². The lowest BCUT2D eigenvalue weighted by molar-refractivity contribution is 0.460. The van der Waals surface area contributed by atoms with Gasteiger partial charge in [-0.2, -0.15) is 0 Å². The molecule has 1 N–H and O–H groups in total. The first-order chi connectivity index (χ1) is 16.0. The monoisotopic (exact) mass is 440 g/mol. The van der Waals surface area contributed by atoms with Crippen molar-refractivity contribution >= 4 is 16.9 Å². The number of aromatic nitrogens is 2. The van der Waals surface area contributed by atoms with Crippen molar-refractivity contribution in [2.24, 2.45) is 10.9 Å². The lowest BCUT2D eigenvalue weighted by Crippen LogP contribution is -2.26. The molecule has 1 atom stereocenters. The largest absolute Gasteiger partial charge is 0.320 e. The molecule has 0 amide bonds. The van der Waals surface area contributed by atoms with Gasteiger partial charge in [-0.1, -0.05) is 31.9 Å². The van der Waals surface area contributed by atoms with Crippen LogP contribution in [0.4, 0.5) is 5.69 Å². The van der Waals surface area contributed by atoms with Crippen LogP contribution < -0.4 is 5.32 Å². The molecule has 0 saturated carbocycles. The molecule has 1 fully saturated rings. The number of hydrogen-bond donors (Lipinski definition) is 1. The molecule has 2 aromatic heterocycles. The van der Waals surface area contributed by atoms with Gasteiger partial charge in [0.25, 0.3) is 0 Å². The standard InChI is InChI=1S/C29H36N4/c1-6-8-9-23(7-2)29(26-17-28-22(5)31-21(4)18-33(28)19-26)32-27-11-10-25(16-20(27)3)24-12-14-30-15-13-24/h10-11,16-19,23-24,30H,6-7,12-15H2,1-5H3. The zero-order chi connectivity index (χ0) is 23.4. The van der Waals surface area contributed by atoms with Gasteiger partial charge >= 0.3 is 0 Å². The lowest BCUT2D eigenvalue weighted by atomic mass is 9.89. The van der Waals surface area contributed by atoms with E-state index < -0.39 is 0 Å². The second-order valence-electron chi connectivity index (χ2n) is 9.19. The third kappa shape index (κ3) is 5.20. The molecule has 1 aromatic carbocycles. The number of aryl methyl sites for hydroxylation is 3. The van der Waals surface area contributed by atoms with Crippen LogP contribution in [0.1, 0.15) is 73.5 Å². The minimum Gasteiger partial charge on any atom is -0.320 e. The van der Waals surface area contributed by atoms with Crippen LogP contribution in [0.3, 0.4) is 0 Å². The highest BCUT2D eigenvalue weighted by Gasteiger charge is 2.19. The van der Waals surface area contributed by atoms with E-state index in [1.165, 1.54) is 24.0 Å². The summed E-state index contributed by atoms with van der Waals surface area (Å²) in [6.07, 6.45) is 8.48. The zero-order valence-corrected chi connectivity index (χ0v) is 20.7. The molecule has 1 saturated heterocycles. The van der Waals surface area contributed by atoms with Gasteiger partial charge in [-0.3, -0.25) is 9.98 Å². The first-order valence-corrected chi connectivity index (χ1v) is 12.3. The Morgan fingerprint density at radius 3 is 2.64 bits per heavy atom. The van der Waals surface area contributed by atoms with Crippen molar-refractivity contribution in [3.63, 3.8) is 0 Å². The van der Waals surface area contributed by atoms with Crippen molar-refractivity contribution < 1.29 is 0 Å². The van der Waals surface area contributed by atoms with Gasteiger partial charge < -0.3 is 9.72 Å². The predicted molar refractivity (Wildman–Crippen MR) is 139 cm³/mol. The Hall–Kier alpha value is -2.90. The molecule has 0 spiro atoms. The maximum Gasteiger partial charge on any atom is 0.0670 e. The Morgan fingerprint density at radius 1 is 1.15 bits per heavy atom. The van der Waals surface area contributed by atoms with Crippen molar-refractivity contribution in [3.05, 3.63) is 64.7 Å². The smallest absolute Gasteiger partial charge is 0.0670 e. The summed E-state index contributed by atoms with van der Waals surface area (Å²) < 4.78 is 2.18.